The van der Waals surface area contributed by atoms with E-state index in [2.05, 4.69) is 0 Å². The first-order valence-corrected chi connectivity index (χ1v) is 6.06. The number of halogens is 1. The first kappa shape index (κ1) is 11.8. The van der Waals surface area contributed by atoms with E-state index < -0.39 is 0 Å². The maximum Gasteiger partial charge on any atom is 0.156 e. The Bertz CT molecular complexity index is 208. The van der Waals surface area contributed by atoms with Crippen LogP contribution in [-0.2, 0) is 4.79 Å². The van der Waals surface area contributed by atoms with Crippen LogP contribution in [0, 0.1) is 0 Å². The van der Waals surface area contributed by atoms with Crippen molar-refractivity contribution in [1.82, 2.24) is 0 Å². The Balaban J connectivity index is 2.40. The monoisotopic (exact) mass is 214 g/mol. The van der Waals surface area contributed by atoms with Gasteiger partial charge in [-0.2, -0.15) is 0 Å². The summed E-state index contributed by atoms with van der Waals surface area (Å²) in [6, 6.07) is 0. The lowest BCUT2D eigenvalue weighted by Crippen LogP contribution is -1.95. The molecule has 80 valence electrons. The van der Waals surface area contributed by atoms with Gasteiger partial charge in [0.25, 0.3) is 0 Å². The van der Waals surface area contributed by atoms with Crippen molar-refractivity contribution in [3.8, 4) is 0 Å². The summed E-state index contributed by atoms with van der Waals surface area (Å²) in [6.07, 6.45) is 11.7. The van der Waals surface area contributed by atoms with Crippen LogP contribution in [0.25, 0.3) is 0 Å². The van der Waals surface area contributed by atoms with Crippen molar-refractivity contribution in [2.24, 2.45) is 0 Å². The zero-order chi connectivity index (χ0) is 10.2. The Morgan fingerprint density at radius 3 is 2.00 bits per heavy atom. The van der Waals surface area contributed by atoms with Gasteiger partial charge in [-0.05, 0) is 25.3 Å². The third-order valence-corrected chi connectivity index (χ3v) is 2.95. The van der Waals surface area contributed by atoms with Gasteiger partial charge >= 0.3 is 0 Å². The van der Waals surface area contributed by atoms with Crippen LogP contribution in [0.1, 0.15) is 57.8 Å². The Kier molecular flexibility index (Phi) is 5.93. The topological polar surface area (TPSA) is 17.1 Å². The average molecular weight is 215 g/mol. The molecule has 1 rings (SSSR count). The van der Waals surface area contributed by atoms with E-state index in [-0.39, 0.29) is 5.78 Å². The molecule has 0 N–H and O–H groups in total. The second-order valence-electron chi connectivity index (χ2n) is 4.03. The quantitative estimate of drug-likeness (QED) is 0.591. The third kappa shape index (κ3) is 5.43. The van der Waals surface area contributed by atoms with Gasteiger partial charge in [0.1, 0.15) is 0 Å². The predicted octanol–water partition coefficient (Wildman–Crippen LogP) is 4.20. The van der Waals surface area contributed by atoms with Crippen molar-refractivity contribution in [2.45, 2.75) is 57.8 Å². The Hall–Kier alpha value is -0.300. The number of carbonyl (C=O) groups is 1. The first-order valence-electron chi connectivity index (χ1n) is 5.68. The summed E-state index contributed by atoms with van der Waals surface area (Å²) >= 11 is 5.95. The summed E-state index contributed by atoms with van der Waals surface area (Å²) in [5.41, 5.74) is 0. The van der Waals surface area contributed by atoms with Gasteiger partial charge in [0.15, 0.2) is 5.78 Å². The van der Waals surface area contributed by atoms with Crippen molar-refractivity contribution >= 4 is 17.4 Å². The van der Waals surface area contributed by atoms with Crippen LogP contribution in [0.2, 0.25) is 0 Å². The van der Waals surface area contributed by atoms with Crippen LogP contribution in [0.15, 0.2) is 11.1 Å². The van der Waals surface area contributed by atoms with E-state index in [9.17, 15) is 4.79 Å². The van der Waals surface area contributed by atoms with E-state index in [0.717, 1.165) is 24.3 Å². The smallest absolute Gasteiger partial charge is 0.156 e. The van der Waals surface area contributed by atoms with Gasteiger partial charge in [0.2, 0.25) is 0 Å². The molecule has 1 aliphatic carbocycles. The molecule has 0 aliphatic heterocycles. The van der Waals surface area contributed by atoms with Crippen molar-refractivity contribution in [2.75, 3.05) is 0 Å². The highest BCUT2D eigenvalue weighted by Gasteiger charge is 2.02. The molecule has 2 heteroatoms. The Labute approximate surface area is 91.5 Å². The second-order valence-corrected chi connectivity index (χ2v) is 4.52. The van der Waals surface area contributed by atoms with Crippen molar-refractivity contribution in [1.29, 1.82) is 0 Å². The van der Waals surface area contributed by atoms with Crippen LogP contribution < -0.4 is 0 Å². The molecule has 0 heterocycles. The lowest BCUT2D eigenvalue weighted by molar-refractivity contribution is -0.114. The fourth-order valence-electron chi connectivity index (χ4n) is 1.80. The highest BCUT2D eigenvalue weighted by atomic mass is 35.5. The summed E-state index contributed by atoms with van der Waals surface area (Å²) in [5, 5.41) is 0.746. The molecule has 1 nitrogen and oxygen atoms in total. The van der Waals surface area contributed by atoms with E-state index in [0.29, 0.717) is 6.42 Å². The molecule has 0 radical (unpaired) electrons. The number of rotatable bonds is 0. The maximum atomic E-state index is 11.3. The zero-order valence-electron chi connectivity index (χ0n) is 8.73. The van der Waals surface area contributed by atoms with Crippen molar-refractivity contribution in [3.05, 3.63) is 11.1 Å². The summed E-state index contributed by atoms with van der Waals surface area (Å²) in [4.78, 5) is 11.3. The molecule has 0 aromatic heterocycles. The zero-order valence-corrected chi connectivity index (χ0v) is 9.48. The van der Waals surface area contributed by atoms with E-state index in [4.69, 9.17) is 11.6 Å². The van der Waals surface area contributed by atoms with Gasteiger partial charge in [-0.3, -0.25) is 4.79 Å². The highest BCUT2D eigenvalue weighted by Crippen LogP contribution is 2.17. The minimum absolute atomic E-state index is 0.204. The molecule has 0 aromatic carbocycles. The van der Waals surface area contributed by atoms with E-state index in [1.165, 1.54) is 32.1 Å². The first-order chi connectivity index (χ1) is 6.79. The summed E-state index contributed by atoms with van der Waals surface area (Å²) in [7, 11) is 0. The summed E-state index contributed by atoms with van der Waals surface area (Å²) in [5.74, 6) is 0.204. The molecule has 0 unspecified atom stereocenters. The minimum Gasteiger partial charge on any atom is -0.295 e. The molecule has 14 heavy (non-hydrogen) atoms. The molecule has 0 saturated heterocycles. The Morgan fingerprint density at radius 2 is 1.36 bits per heavy atom. The number of hydrogen-bond acceptors (Lipinski definition) is 1. The molecule has 0 aromatic rings. The van der Waals surface area contributed by atoms with Gasteiger partial charge in [0.05, 0.1) is 0 Å². The second kappa shape index (κ2) is 7.05. The van der Waals surface area contributed by atoms with E-state index in [1.54, 1.807) is 6.08 Å². The number of carbonyl (C=O) groups excluding carboxylic acids is 1. The highest BCUT2D eigenvalue weighted by molar-refractivity contribution is 6.31. The molecule has 0 spiro atoms. The van der Waals surface area contributed by atoms with Gasteiger partial charge in [-0.1, -0.05) is 43.7 Å². The largest absolute Gasteiger partial charge is 0.295 e. The van der Waals surface area contributed by atoms with Crippen LogP contribution in [0.4, 0.5) is 0 Å². The molecule has 1 aliphatic rings. The predicted molar refractivity (Wildman–Crippen MR) is 60.5 cm³/mol. The standard InChI is InChI=1S/C12H19ClO/c13-11-8-6-4-2-1-3-5-7-9-12(14)10-11/h10H,1-9H2/b11-10-. The molecular formula is C12H19ClO. The Morgan fingerprint density at radius 1 is 0.857 bits per heavy atom. The number of hydrogen-bond donors (Lipinski definition) is 0. The van der Waals surface area contributed by atoms with Crippen molar-refractivity contribution in [3.63, 3.8) is 0 Å². The average Bonchev–Trinajstić information content (AvgIpc) is 2.13. The normalized spacial score (nSPS) is 25.8. The lowest BCUT2D eigenvalue weighted by Gasteiger charge is -2.04. The minimum atomic E-state index is 0.204. The molecule has 0 amide bonds. The summed E-state index contributed by atoms with van der Waals surface area (Å²) < 4.78 is 0. The van der Waals surface area contributed by atoms with E-state index >= 15 is 0 Å². The molecule has 0 fully saturated rings. The van der Waals surface area contributed by atoms with Crippen LogP contribution in [0.5, 0.6) is 0 Å². The number of ketones is 1. The fraction of sp³-hybridized carbons (Fsp3) is 0.750. The van der Waals surface area contributed by atoms with Crippen molar-refractivity contribution < 1.29 is 4.79 Å². The van der Waals surface area contributed by atoms with E-state index in [1.807, 2.05) is 0 Å². The fourth-order valence-corrected chi connectivity index (χ4v) is 2.05. The van der Waals surface area contributed by atoms with Gasteiger partial charge < -0.3 is 0 Å². The molecular weight excluding hydrogens is 196 g/mol. The molecule has 0 bridgehead atoms. The third-order valence-electron chi connectivity index (χ3n) is 2.66. The number of allylic oxidation sites excluding steroid dienone is 2. The van der Waals surface area contributed by atoms with Crippen LogP contribution in [0.3, 0.4) is 0 Å². The van der Waals surface area contributed by atoms with Gasteiger partial charge in [-0.15, -0.1) is 0 Å². The maximum absolute atomic E-state index is 11.3. The van der Waals surface area contributed by atoms with Gasteiger partial charge in [0, 0.05) is 11.5 Å². The lowest BCUT2D eigenvalue weighted by atomic mass is 10.0. The SMILES string of the molecule is O=C1/C=C(\Cl)CCCCCCCCC1. The molecule has 0 atom stereocenters. The van der Waals surface area contributed by atoms with Crippen LogP contribution >= 0.6 is 11.6 Å². The molecule has 0 saturated carbocycles. The summed E-state index contributed by atoms with van der Waals surface area (Å²) in [6.45, 7) is 0. The van der Waals surface area contributed by atoms with Gasteiger partial charge in [-0.25, -0.2) is 0 Å². The van der Waals surface area contributed by atoms with Crippen LogP contribution in [-0.4, -0.2) is 5.78 Å².